The molecule has 18 heavy (non-hydrogen) atoms. The Morgan fingerprint density at radius 2 is 2.17 bits per heavy atom. The number of hydrogen-bond acceptors (Lipinski definition) is 3. The highest BCUT2D eigenvalue weighted by Gasteiger charge is 2.33. The summed E-state index contributed by atoms with van der Waals surface area (Å²) >= 11 is 0. The normalized spacial score (nSPS) is 27.2. The van der Waals surface area contributed by atoms with Crippen molar-refractivity contribution in [2.24, 2.45) is 23.5 Å². The minimum atomic E-state index is -0.819. The molecule has 0 heterocycles. The van der Waals surface area contributed by atoms with Gasteiger partial charge in [0.25, 0.3) is 0 Å². The molecule has 4 N–H and O–H groups in total. The molecule has 4 nitrogen and oxygen atoms in total. The molecule has 1 aliphatic rings. The molecule has 1 amide bonds. The van der Waals surface area contributed by atoms with E-state index in [-0.39, 0.29) is 11.8 Å². The molecule has 1 saturated carbocycles. The van der Waals surface area contributed by atoms with Crippen LogP contribution in [0.1, 0.15) is 46.5 Å². The molecule has 0 spiro atoms. The largest absolute Gasteiger partial charge is 0.388 e. The van der Waals surface area contributed by atoms with Crippen molar-refractivity contribution in [3.8, 4) is 0 Å². The molecule has 0 saturated heterocycles. The van der Waals surface area contributed by atoms with Gasteiger partial charge in [-0.25, -0.2) is 0 Å². The van der Waals surface area contributed by atoms with Gasteiger partial charge in [0.05, 0.1) is 5.60 Å². The van der Waals surface area contributed by atoms with Gasteiger partial charge in [0.1, 0.15) is 0 Å². The summed E-state index contributed by atoms with van der Waals surface area (Å²) in [5.41, 5.74) is 4.86. The van der Waals surface area contributed by atoms with E-state index in [4.69, 9.17) is 5.73 Å². The Bertz CT molecular complexity index is 277. The smallest absolute Gasteiger partial charge is 0.223 e. The number of carbonyl (C=O) groups excluding carboxylic acids is 1. The van der Waals surface area contributed by atoms with Crippen molar-refractivity contribution in [2.45, 2.75) is 52.1 Å². The van der Waals surface area contributed by atoms with Crippen molar-refractivity contribution in [3.63, 3.8) is 0 Å². The lowest BCUT2D eigenvalue weighted by Crippen LogP contribution is -2.44. The predicted molar refractivity (Wildman–Crippen MR) is 73.0 cm³/mol. The van der Waals surface area contributed by atoms with Crippen molar-refractivity contribution < 1.29 is 9.90 Å². The van der Waals surface area contributed by atoms with Crippen LogP contribution in [-0.2, 0) is 4.79 Å². The summed E-state index contributed by atoms with van der Waals surface area (Å²) in [6.45, 7) is 6.83. The van der Waals surface area contributed by atoms with Crippen LogP contribution in [-0.4, -0.2) is 29.7 Å². The average molecular weight is 256 g/mol. The highest BCUT2D eigenvalue weighted by atomic mass is 16.3. The third-order valence-corrected chi connectivity index (χ3v) is 3.79. The number of rotatable bonds is 6. The van der Waals surface area contributed by atoms with Crippen LogP contribution in [0.25, 0.3) is 0 Å². The number of carbonyl (C=O) groups is 1. The maximum atomic E-state index is 12.1. The zero-order valence-electron chi connectivity index (χ0n) is 11.9. The van der Waals surface area contributed by atoms with Gasteiger partial charge >= 0.3 is 0 Å². The van der Waals surface area contributed by atoms with Gasteiger partial charge in [-0.15, -0.1) is 0 Å². The van der Waals surface area contributed by atoms with E-state index in [0.29, 0.717) is 31.3 Å². The summed E-state index contributed by atoms with van der Waals surface area (Å²) < 4.78 is 0. The maximum absolute atomic E-state index is 12.1. The van der Waals surface area contributed by atoms with Crippen LogP contribution in [0.15, 0.2) is 0 Å². The van der Waals surface area contributed by atoms with E-state index in [0.717, 1.165) is 19.3 Å². The van der Waals surface area contributed by atoms with E-state index >= 15 is 0 Å². The molecule has 0 aliphatic heterocycles. The molecule has 0 aromatic carbocycles. The Hall–Kier alpha value is -0.610. The van der Waals surface area contributed by atoms with Crippen LogP contribution in [0.5, 0.6) is 0 Å². The van der Waals surface area contributed by atoms with Crippen LogP contribution in [0.4, 0.5) is 0 Å². The van der Waals surface area contributed by atoms with E-state index in [9.17, 15) is 9.90 Å². The van der Waals surface area contributed by atoms with Crippen LogP contribution in [0, 0.1) is 17.8 Å². The second-order valence-electron chi connectivity index (χ2n) is 6.35. The Balaban J connectivity index is 2.41. The van der Waals surface area contributed by atoms with Gasteiger partial charge in [0, 0.05) is 12.5 Å². The molecule has 0 bridgehead atoms. The van der Waals surface area contributed by atoms with Gasteiger partial charge in [-0.1, -0.05) is 20.3 Å². The lowest BCUT2D eigenvalue weighted by atomic mass is 9.92. The molecule has 1 fully saturated rings. The number of amides is 1. The minimum Gasteiger partial charge on any atom is -0.388 e. The minimum absolute atomic E-state index is 0.0462. The van der Waals surface area contributed by atoms with Crippen molar-refractivity contribution in [3.05, 3.63) is 0 Å². The monoisotopic (exact) mass is 256 g/mol. The molecule has 3 atom stereocenters. The summed E-state index contributed by atoms with van der Waals surface area (Å²) in [6.07, 6.45) is 3.76. The Morgan fingerprint density at radius 1 is 1.50 bits per heavy atom. The van der Waals surface area contributed by atoms with Gasteiger partial charge in [0.15, 0.2) is 0 Å². The maximum Gasteiger partial charge on any atom is 0.223 e. The summed E-state index contributed by atoms with van der Waals surface area (Å²) in [5, 5.41) is 13.1. The third-order valence-electron chi connectivity index (χ3n) is 3.79. The Labute approximate surface area is 110 Å². The quantitative estimate of drug-likeness (QED) is 0.670. The van der Waals surface area contributed by atoms with Gasteiger partial charge in [-0.3, -0.25) is 4.79 Å². The zero-order valence-corrected chi connectivity index (χ0v) is 11.9. The Kier molecular flexibility index (Phi) is 5.60. The lowest BCUT2D eigenvalue weighted by Gasteiger charge is -2.27. The fraction of sp³-hybridized carbons (Fsp3) is 0.929. The van der Waals surface area contributed by atoms with Crippen molar-refractivity contribution in [2.75, 3.05) is 13.1 Å². The first-order chi connectivity index (χ1) is 8.35. The van der Waals surface area contributed by atoms with E-state index in [1.54, 1.807) is 6.92 Å². The number of aliphatic hydroxyl groups is 1. The lowest BCUT2D eigenvalue weighted by molar-refractivity contribution is -0.127. The standard InChI is InChI=1S/C14H28N2O2/c1-10(2)7-14(3,18)9-16-13(17)12-6-4-5-11(12)8-15/h10-12,18H,4-9,15H2,1-3H3,(H,16,17). The molecule has 1 rings (SSSR count). The van der Waals surface area contributed by atoms with Crippen LogP contribution in [0.2, 0.25) is 0 Å². The van der Waals surface area contributed by atoms with Crippen molar-refractivity contribution in [1.82, 2.24) is 5.32 Å². The summed E-state index contributed by atoms with van der Waals surface area (Å²) in [6, 6.07) is 0. The summed E-state index contributed by atoms with van der Waals surface area (Å²) in [4.78, 5) is 12.1. The molecule has 0 aromatic rings. The van der Waals surface area contributed by atoms with E-state index < -0.39 is 5.60 Å². The molecular weight excluding hydrogens is 228 g/mol. The van der Waals surface area contributed by atoms with Gasteiger partial charge in [-0.2, -0.15) is 0 Å². The van der Waals surface area contributed by atoms with Crippen LogP contribution < -0.4 is 11.1 Å². The zero-order chi connectivity index (χ0) is 13.8. The van der Waals surface area contributed by atoms with Gasteiger partial charge in [-0.05, 0) is 44.6 Å². The molecule has 0 aromatic heterocycles. The fourth-order valence-electron chi connectivity index (χ4n) is 3.02. The summed E-state index contributed by atoms with van der Waals surface area (Å²) in [5.74, 6) is 0.844. The average Bonchev–Trinajstić information content (AvgIpc) is 2.72. The number of nitrogens with one attached hydrogen (secondary N) is 1. The number of nitrogens with two attached hydrogens (primary N) is 1. The molecule has 106 valence electrons. The highest BCUT2D eigenvalue weighted by molar-refractivity contribution is 5.79. The first-order valence-corrected chi connectivity index (χ1v) is 7.06. The topological polar surface area (TPSA) is 75.3 Å². The Morgan fingerprint density at radius 3 is 2.72 bits per heavy atom. The SMILES string of the molecule is CC(C)CC(C)(O)CNC(=O)C1CCCC1CN. The first-order valence-electron chi connectivity index (χ1n) is 7.06. The predicted octanol–water partition coefficient (Wildman–Crippen LogP) is 1.27. The molecule has 3 unspecified atom stereocenters. The third kappa shape index (κ3) is 4.58. The van der Waals surface area contributed by atoms with Gasteiger partial charge in [0.2, 0.25) is 5.91 Å². The highest BCUT2D eigenvalue weighted by Crippen LogP contribution is 2.31. The second kappa shape index (κ2) is 6.53. The van der Waals surface area contributed by atoms with Crippen LogP contribution >= 0.6 is 0 Å². The summed E-state index contributed by atoms with van der Waals surface area (Å²) in [7, 11) is 0. The van der Waals surface area contributed by atoms with Crippen molar-refractivity contribution >= 4 is 5.91 Å². The van der Waals surface area contributed by atoms with E-state index in [2.05, 4.69) is 19.2 Å². The van der Waals surface area contributed by atoms with E-state index in [1.807, 2.05) is 0 Å². The van der Waals surface area contributed by atoms with Gasteiger partial charge < -0.3 is 16.2 Å². The first kappa shape index (κ1) is 15.4. The molecule has 0 radical (unpaired) electrons. The molecular formula is C14H28N2O2. The van der Waals surface area contributed by atoms with E-state index in [1.165, 1.54) is 0 Å². The number of hydrogen-bond donors (Lipinski definition) is 3. The fourth-order valence-corrected chi connectivity index (χ4v) is 3.02. The second-order valence-corrected chi connectivity index (χ2v) is 6.35. The van der Waals surface area contributed by atoms with Crippen molar-refractivity contribution in [1.29, 1.82) is 0 Å². The molecule has 1 aliphatic carbocycles. The van der Waals surface area contributed by atoms with Crippen LogP contribution in [0.3, 0.4) is 0 Å². The molecule has 4 heteroatoms.